The van der Waals surface area contributed by atoms with E-state index in [1.54, 1.807) is 40.2 Å². The third-order valence-electron chi connectivity index (χ3n) is 5.62. The molecule has 1 amide bonds. The number of benzene rings is 1. The number of anilines is 1. The van der Waals surface area contributed by atoms with Gasteiger partial charge in [0.1, 0.15) is 9.71 Å². The quantitative estimate of drug-likeness (QED) is 0.391. The molecule has 1 aliphatic rings. The Morgan fingerprint density at radius 1 is 1.09 bits per heavy atom. The van der Waals surface area contributed by atoms with E-state index in [2.05, 4.69) is 15.1 Å². The van der Waals surface area contributed by atoms with Gasteiger partial charge in [0, 0.05) is 44.0 Å². The number of halogens is 1. The fourth-order valence-electron chi connectivity index (χ4n) is 3.83. The highest BCUT2D eigenvalue weighted by molar-refractivity contribution is 7.20. The monoisotopic (exact) mass is 496 g/mol. The Kier molecular flexibility index (Phi) is 6.16. The van der Waals surface area contributed by atoms with E-state index in [9.17, 15) is 9.59 Å². The summed E-state index contributed by atoms with van der Waals surface area (Å²) in [5.41, 5.74) is 1.51. The fourth-order valence-corrected chi connectivity index (χ4v) is 5.12. The number of para-hydroxylation sites is 1. The largest absolute Gasteiger partial charge is 0.451 e. The second-order valence-electron chi connectivity index (χ2n) is 7.77. The summed E-state index contributed by atoms with van der Waals surface area (Å²) < 4.78 is 7.08. The first-order chi connectivity index (χ1) is 16.5. The van der Waals surface area contributed by atoms with Gasteiger partial charge in [-0.2, -0.15) is 5.10 Å². The van der Waals surface area contributed by atoms with Gasteiger partial charge in [-0.15, -0.1) is 11.3 Å². The molecule has 34 heavy (non-hydrogen) atoms. The maximum absolute atomic E-state index is 12.7. The highest BCUT2D eigenvalue weighted by Gasteiger charge is 2.24. The van der Waals surface area contributed by atoms with Crippen LogP contribution in [0.15, 0.2) is 48.8 Å². The molecule has 0 unspecified atom stereocenters. The summed E-state index contributed by atoms with van der Waals surface area (Å²) in [7, 11) is 0. The number of carbonyl (C=O) groups excluding carboxylic acids is 2. The molecule has 174 valence electrons. The van der Waals surface area contributed by atoms with E-state index in [-0.39, 0.29) is 12.5 Å². The summed E-state index contributed by atoms with van der Waals surface area (Å²) in [6.07, 6.45) is 3.39. The van der Waals surface area contributed by atoms with Gasteiger partial charge >= 0.3 is 5.97 Å². The molecular weight excluding hydrogens is 476 g/mol. The van der Waals surface area contributed by atoms with Gasteiger partial charge < -0.3 is 14.5 Å². The zero-order valence-corrected chi connectivity index (χ0v) is 19.9. The first kappa shape index (κ1) is 22.3. The van der Waals surface area contributed by atoms with Gasteiger partial charge in [0.25, 0.3) is 5.91 Å². The van der Waals surface area contributed by atoms with Crippen LogP contribution < -0.4 is 4.90 Å². The zero-order valence-electron chi connectivity index (χ0n) is 18.3. The fraction of sp³-hybridized carbons (Fsp3) is 0.261. The van der Waals surface area contributed by atoms with Crippen LogP contribution in [0.3, 0.4) is 0 Å². The van der Waals surface area contributed by atoms with Crippen LogP contribution in [0.2, 0.25) is 5.02 Å². The number of aromatic nitrogens is 4. The number of hydrogen-bond acceptors (Lipinski definition) is 8. The van der Waals surface area contributed by atoms with Gasteiger partial charge in [0.2, 0.25) is 5.95 Å². The number of piperazine rings is 1. The summed E-state index contributed by atoms with van der Waals surface area (Å²) in [5.74, 6) is -0.103. The van der Waals surface area contributed by atoms with E-state index >= 15 is 0 Å². The molecule has 3 aromatic heterocycles. The number of esters is 1. The molecule has 11 heteroatoms. The predicted octanol–water partition coefficient (Wildman–Crippen LogP) is 3.34. The van der Waals surface area contributed by atoms with Crippen LogP contribution in [0, 0.1) is 6.92 Å². The number of amides is 1. The van der Waals surface area contributed by atoms with E-state index < -0.39 is 5.97 Å². The number of ether oxygens (including phenoxy) is 1. The number of thiophene rings is 1. The Morgan fingerprint density at radius 3 is 2.56 bits per heavy atom. The lowest BCUT2D eigenvalue weighted by atomic mass is 10.3. The van der Waals surface area contributed by atoms with Crippen molar-refractivity contribution in [2.45, 2.75) is 6.92 Å². The normalized spacial score (nSPS) is 13.9. The number of fused-ring (bicyclic) bond motifs is 1. The van der Waals surface area contributed by atoms with Crippen molar-refractivity contribution >= 4 is 51.0 Å². The molecule has 1 saturated heterocycles. The average Bonchev–Trinajstić information content (AvgIpc) is 3.44. The van der Waals surface area contributed by atoms with Crippen LogP contribution in [0.4, 0.5) is 5.95 Å². The molecule has 0 saturated carbocycles. The molecule has 0 bridgehead atoms. The third-order valence-corrected chi connectivity index (χ3v) is 7.03. The highest BCUT2D eigenvalue weighted by Crippen LogP contribution is 2.32. The molecule has 1 aromatic carbocycles. The Bertz CT molecular complexity index is 1350. The summed E-state index contributed by atoms with van der Waals surface area (Å²) in [6.45, 7) is 3.86. The maximum atomic E-state index is 12.7. The van der Waals surface area contributed by atoms with Gasteiger partial charge in [-0.25, -0.2) is 19.4 Å². The van der Waals surface area contributed by atoms with Crippen molar-refractivity contribution in [3.63, 3.8) is 0 Å². The van der Waals surface area contributed by atoms with Crippen molar-refractivity contribution in [1.29, 1.82) is 0 Å². The van der Waals surface area contributed by atoms with Crippen molar-refractivity contribution in [3.05, 3.63) is 64.4 Å². The molecule has 0 aliphatic carbocycles. The SMILES string of the molecule is Cc1nn(-c2ccccc2Cl)c2sc(C(=O)OCC(=O)N3CCN(c4ncccn4)CC3)cc12. The van der Waals surface area contributed by atoms with Crippen LogP contribution in [-0.2, 0) is 9.53 Å². The van der Waals surface area contributed by atoms with Crippen LogP contribution in [0.25, 0.3) is 15.9 Å². The molecule has 0 atom stereocenters. The molecule has 0 radical (unpaired) electrons. The zero-order chi connectivity index (χ0) is 23.7. The van der Waals surface area contributed by atoms with E-state index in [1.165, 1.54) is 11.3 Å². The van der Waals surface area contributed by atoms with Crippen LogP contribution in [0.1, 0.15) is 15.4 Å². The second kappa shape index (κ2) is 9.40. The summed E-state index contributed by atoms with van der Waals surface area (Å²) in [5, 5.41) is 5.97. The van der Waals surface area contributed by atoms with Crippen LogP contribution in [-0.4, -0.2) is 69.3 Å². The summed E-state index contributed by atoms with van der Waals surface area (Å²) >= 11 is 7.60. The molecule has 0 spiro atoms. The molecule has 0 N–H and O–H groups in total. The first-order valence-electron chi connectivity index (χ1n) is 10.7. The second-order valence-corrected chi connectivity index (χ2v) is 9.21. The average molecular weight is 497 g/mol. The van der Waals surface area contributed by atoms with Crippen LogP contribution in [0.5, 0.6) is 0 Å². The molecule has 5 rings (SSSR count). The van der Waals surface area contributed by atoms with Gasteiger partial charge in [-0.3, -0.25) is 4.79 Å². The number of rotatable bonds is 5. The first-order valence-corrected chi connectivity index (χ1v) is 11.9. The number of hydrogen-bond donors (Lipinski definition) is 0. The Balaban J connectivity index is 1.22. The van der Waals surface area contributed by atoms with Crippen molar-refractivity contribution in [3.8, 4) is 5.69 Å². The van der Waals surface area contributed by atoms with E-state index in [0.29, 0.717) is 42.0 Å². The summed E-state index contributed by atoms with van der Waals surface area (Å²) in [4.78, 5) is 38.7. The minimum absolute atomic E-state index is 0.221. The van der Waals surface area contributed by atoms with Gasteiger partial charge in [-0.05, 0) is 31.2 Å². The standard InChI is InChI=1S/C23H21ClN6O3S/c1-15-16-13-19(34-21(16)30(27-15)18-6-3-2-5-17(18)24)22(32)33-14-20(31)28-9-11-29(12-10-28)23-25-7-4-8-26-23/h2-8,13H,9-12,14H2,1H3. The summed E-state index contributed by atoms with van der Waals surface area (Å²) in [6, 6.07) is 10.9. The predicted molar refractivity (Wildman–Crippen MR) is 130 cm³/mol. The van der Waals surface area contributed by atoms with Crippen molar-refractivity contribution in [2.75, 3.05) is 37.7 Å². The molecule has 1 fully saturated rings. The van der Waals surface area contributed by atoms with E-state index in [0.717, 1.165) is 21.6 Å². The van der Waals surface area contributed by atoms with E-state index in [4.69, 9.17) is 16.3 Å². The lowest BCUT2D eigenvalue weighted by Crippen LogP contribution is -2.50. The van der Waals surface area contributed by atoms with Crippen LogP contribution >= 0.6 is 22.9 Å². The maximum Gasteiger partial charge on any atom is 0.348 e. The van der Waals surface area contributed by atoms with Crippen molar-refractivity contribution in [2.24, 2.45) is 0 Å². The van der Waals surface area contributed by atoms with Gasteiger partial charge in [-0.1, -0.05) is 23.7 Å². The Labute approximate surface area is 204 Å². The number of carbonyl (C=O) groups is 2. The minimum Gasteiger partial charge on any atom is -0.451 e. The number of aryl methyl sites for hydroxylation is 1. The van der Waals surface area contributed by atoms with Gasteiger partial charge in [0.05, 0.1) is 16.4 Å². The smallest absolute Gasteiger partial charge is 0.348 e. The topological polar surface area (TPSA) is 93.5 Å². The molecular formula is C23H21ClN6O3S. The molecule has 4 heterocycles. The third kappa shape index (κ3) is 4.34. The lowest BCUT2D eigenvalue weighted by molar-refractivity contribution is -0.134. The Morgan fingerprint density at radius 2 is 1.82 bits per heavy atom. The Hall–Kier alpha value is -3.50. The molecule has 1 aliphatic heterocycles. The minimum atomic E-state index is -0.531. The van der Waals surface area contributed by atoms with Crippen molar-refractivity contribution < 1.29 is 14.3 Å². The lowest BCUT2D eigenvalue weighted by Gasteiger charge is -2.34. The number of nitrogens with zero attached hydrogens (tertiary/aromatic N) is 6. The molecule has 4 aromatic rings. The van der Waals surface area contributed by atoms with Gasteiger partial charge in [0.15, 0.2) is 6.61 Å². The highest BCUT2D eigenvalue weighted by atomic mass is 35.5. The van der Waals surface area contributed by atoms with E-state index in [1.807, 2.05) is 30.0 Å². The van der Waals surface area contributed by atoms with Crippen molar-refractivity contribution in [1.82, 2.24) is 24.6 Å². The molecule has 9 nitrogen and oxygen atoms in total.